The topological polar surface area (TPSA) is 83.5 Å². The Morgan fingerprint density at radius 1 is 1.62 bits per heavy atom. The molecule has 0 bridgehead atoms. The van der Waals surface area contributed by atoms with Crippen LogP contribution in [-0.2, 0) is 19.6 Å². The SMILES string of the molecule is C=CC(=O)OC(C)CSCCS(=O)(=O)[O-].[Rb+]. The number of carbonyl (C=O) groups excluding carboxylic acids is 1. The molecular weight excluding hydrogens is 326 g/mol. The molecule has 1 atom stereocenters. The molecule has 0 aromatic heterocycles. The molecule has 0 spiro atoms. The van der Waals surface area contributed by atoms with Crippen molar-refractivity contribution in [3.05, 3.63) is 12.7 Å². The van der Waals surface area contributed by atoms with Crippen molar-refractivity contribution in [1.82, 2.24) is 0 Å². The number of carbonyl (C=O) groups is 1. The van der Waals surface area contributed by atoms with Gasteiger partial charge in [-0.15, -0.1) is 0 Å². The molecule has 8 heteroatoms. The minimum Gasteiger partial charge on any atom is -0.748 e. The van der Waals surface area contributed by atoms with E-state index in [4.69, 9.17) is 4.74 Å². The molecule has 88 valence electrons. The summed E-state index contributed by atoms with van der Waals surface area (Å²) in [6, 6.07) is 0. The fourth-order valence-electron chi connectivity index (χ4n) is 0.691. The molecule has 0 aliphatic carbocycles. The fourth-order valence-corrected chi connectivity index (χ4v) is 2.55. The van der Waals surface area contributed by atoms with Crippen LogP contribution in [0.2, 0.25) is 0 Å². The van der Waals surface area contributed by atoms with E-state index in [9.17, 15) is 17.8 Å². The normalized spacial score (nSPS) is 12.4. The van der Waals surface area contributed by atoms with Crippen molar-refractivity contribution < 1.29 is 80.7 Å². The molecule has 0 rings (SSSR count). The van der Waals surface area contributed by atoms with Gasteiger partial charge in [0.2, 0.25) is 0 Å². The summed E-state index contributed by atoms with van der Waals surface area (Å²) in [6.07, 6.45) is 0.735. The van der Waals surface area contributed by atoms with Crippen LogP contribution >= 0.6 is 11.8 Å². The van der Waals surface area contributed by atoms with E-state index in [-0.39, 0.29) is 70.0 Å². The van der Waals surface area contributed by atoms with Crippen molar-refractivity contribution in [2.24, 2.45) is 0 Å². The van der Waals surface area contributed by atoms with Crippen molar-refractivity contribution in [3.63, 3.8) is 0 Å². The minimum absolute atomic E-state index is 0. The molecule has 1 unspecified atom stereocenters. The van der Waals surface area contributed by atoms with Crippen molar-refractivity contribution in [2.75, 3.05) is 17.3 Å². The second kappa shape index (κ2) is 10.2. The van der Waals surface area contributed by atoms with Crippen LogP contribution in [0.25, 0.3) is 0 Å². The Morgan fingerprint density at radius 3 is 2.62 bits per heavy atom. The average Bonchev–Trinajstić information content (AvgIpc) is 2.11. The summed E-state index contributed by atoms with van der Waals surface area (Å²) in [5, 5.41) is 0. The summed E-state index contributed by atoms with van der Waals surface area (Å²) >= 11 is 1.25. The Labute approximate surface area is 149 Å². The van der Waals surface area contributed by atoms with Gasteiger partial charge in [0.25, 0.3) is 0 Å². The van der Waals surface area contributed by atoms with Crippen LogP contribution < -0.4 is 58.2 Å². The van der Waals surface area contributed by atoms with E-state index >= 15 is 0 Å². The van der Waals surface area contributed by atoms with Gasteiger partial charge in [-0.25, -0.2) is 13.2 Å². The Balaban J connectivity index is 0. The van der Waals surface area contributed by atoms with Gasteiger partial charge in [0.1, 0.15) is 6.10 Å². The van der Waals surface area contributed by atoms with Crippen molar-refractivity contribution >= 4 is 27.8 Å². The first-order valence-corrected chi connectivity index (χ1v) is 6.92. The van der Waals surface area contributed by atoms with Gasteiger partial charge in [-0.1, -0.05) is 6.58 Å². The van der Waals surface area contributed by atoms with Crippen LogP contribution in [0.5, 0.6) is 0 Å². The van der Waals surface area contributed by atoms with E-state index in [2.05, 4.69) is 6.58 Å². The molecular formula is C8H13O5RbS2. The van der Waals surface area contributed by atoms with Gasteiger partial charge >= 0.3 is 64.2 Å². The molecule has 0 aliphatic rings. The third-order valence-electron chi connectivity index (χ3n) is 1.31. The number of hydrogen-bond donors (Lipinski definition) is 0. The summed E-state index contributed by atoms with van der Waals surface area (Å²) in [5.74, 6) is -0.254. The van der Waals surface area contributed by atoms with E-state index in [1.165, 1.54) is 11.8 Å². The number of thioether (sulfide) groups is 1. The first-order valence-electron chi connectivity index (χ1n) is 4.19. The first kappa shape index (κ1) is 19.6. The zero-order valence-electron chi connectivity index (χ0n) is 9.34. The van der Waals surface area contributed by atoms with E-state index in [0.29, 0.717) is 5.75 Å². The molecule has 5 nitrogen and oxygen atoms in total. The molecule has 0 aromatic carbocycles. The molecule has 0 saturated heterocycles. The quantitative estimate of drug-likeness (QED) is 0.219. The number of ether oxygens (including phenoxy) is 1. The Hall–Kier alpha value is 1.28. The molecule has 0 saturated carbocycles. The molecule has 0 aliphatic heterocycles. The van der Waals surface area contributed by atoms with E-state index < -0.39 is 21.8 Å². The van der Waals surface area contributed by atoms with E-state index in [1.54, 1.807) is 6.92 Å². The van der Waals surface area contributed by atoms with Crippen molar-refractivity contribution in [1.29, 1.82) is 0 Å². The summed E-state index contributed by atoms with van der Waals surface area (Å²) in [7, 11) is -4.14. The summed E-state index contributed by atoms with van der Waals surface area (Å²) in [5.41, 5.74) is 0. The Kier molecular flexibility index (Phi) is 12.5. The van der Waals surface area contributed by atoms with Gasteiger partial charge in [-0.3, -0.25) is 0 Å². The Morgan fingerprint density at radius 2 is 2.19 bits per heavy atom. The van der Waals surface area contributed by atoms with Gasteiger partial charge in [-0.2, -0.15) is 11.8 Å². The van der Waals surface area contributed by atoms with Crippen LogP contribution in [0.4, 0.5) is 0 Å². The van der Waals surface area contributed by atoms with Gasteiger partial charge < -0.3 is 9.29 Å². The summed E-state index contributed by atoms with van der Waals surface area (Å²) in [6.45, 7) is 4.92. The van der Waals surface area contributed by atoms with Crippen molar-refractivity contribution in [3.8, 4) is 0 Å². The second-order valence-corrected chi connectivity index (χ2v) is 5.46. The second-order valence-electron chi connectivity index (χ2n) is 2.79. The molecule has 16 heavy (non-hydrogen) atoms. The standard InChI is InChI=1S/C8H14O5S2.Rb/c1-3-8(9)13-7(2)6-14-4-5-15(10,11)12;/h3,7H,1,4-6H2,2H3,(H,10,11,12);/q;+1/p-1. The van der Waals surface area contributed by atoms with Crippen LogP contribution in [0.3, 0.4) is 0 Å². The molecule has 0 N–H and O–H groups in total. The monoisotopic (exact) mass is 338 g/mol. The van der Waals surface area contributed by atoms with Gasteiger partial charge in [0.15, 0.2) is 0 Å². The van der Waals surface area contributed by atoms with Crippen LogP contribution in [-0.4, -0.2) is 42.3 Å². The zero-order valence-corrected chi connectivity index (χ0v) is 15.9. The first-order chi connectivity index (χ1) is 6.85. The maximum absolute atomic E-state index is 10.7. The smallest absolute Gasteiger partial charge is 0.748 e. The molecule has 0 heterocycles. The fraction of sp³-hybridized carbons (Fsp3) is 0.625. The average molecular weight is 339 g/mol. The third-order valence-corrected chi connectivity index (χ3v) is 3.47. The van der Waals surface area contributed by atoms with Crippen molar-refractivity contribution in [2.45, 2.75) is 13.0 Å². The summed E-state index contributed by atoms with van der Waals surface area (Å²) in [4.78, 5) is 10.7. The summed E-state index contributed by atoms with van der Waals surface area (Å²) < 4.78 is 35.5. The zero-order chi connectivity index (χ0) is 11.9. The maximum Gasteiger partial charge on any atom is 1.00 e. The van der Waals surface area contributed by atoms with Gasteiger partial charge in [0.05, 0.1) is 10.1 Å². The largest absolute Gasteiger partial charge is 1.00 e. The van der Waals surface area contributed by atoms with Crippen LogP contribution in [0.1, 0.15) is 6.92 Å². The van der Waals surface area contributed by atoms with Crippen LogP contribution in [0, 0.1) is 0 Å². The Bertz CT molecular complexity index is 314. The number of hydrogen-bond acceptors (Lipinski definition) is 6. The molecule has 0 fully saturated rings. The molecule has 0 amide bonds. The predicted octanol–water partition coefficient (Wildman–Crippen LogP) is -2.61. The molecule has 0 radical (unpaired) electrons. The van der Waals surface area contributed by atoms with Gasteiger partial charge in [-0.05, 0) is 6.92 Å². The molecule has 0 aromatic rings. The predicted molar refractivity (Wildman–Crippen MR) is 57.6 cm³/mol. The minimum atomic E-state index is -4.14. The van der Waals surface area contributed by atoms with E-state index in [1.807, 2.05) is 0 Å². The van der Waals surface area contributed by atoms with E-state index in [0.717, 1.165) is 6.08 Å². The van der Waals surface area contributed by atoms with Gasteiger partial charge in [0, 0.05) is 23.3 Å². The maximum atomic E-state index is 10.7. The van der Waals surface area contributed by atoms with Crippen LogP contribution in [0.15, 0.2) is 12.7 Å². The number of esters is 1. The number of rotatable bonds is 7. The third kappa shape index (κ3) is 13.3.